The second kappa shape index (κ2) is 12.0. The third-order valence-corrected chi connectivity index (χ3v) is 7.48. The summed E-state index contributed by atoms with van der Waals surface area (Å²) < 4.78 is 76.8. The van der Waals surface area contributed by atoms with E-state index in [1.165, 1.54) is 0 Å². The number of piperazine rings is 3. The molecule has 0 radical (unpaired) electrons. The Kier molecular flexibility index (Phi) is 8.52. The van der Waals surface area contributed by atoms with Gasteiger partial charge in [-0.3, -0.25) is 9.59 Å². The summed E-state index contributed by atoms with van der Waals surface area (Å²) >= 11 is 0. The molecule has 0 aromatic carbocycles. The summed E-state index contributed by atoms with van der Waals surface area (Å²) in [7, 11) is 0. The lowest BCUT2D eigenvalue weighted by Crippen LogP contribution is -2.53. The number of carbonyl (C=O) groups excluding carboxylic acids is 2. The first kappa shape index (κ1) is 31.2. The van der Waals surface area contributed by atoms with E-state index in [2.05, 4.69) is 29.9 Å². The van der Waals surface area contributed by atoms with E-state index in [9.17, 15) is 35.9 Å². The Balaban J connectivity index is 1.19. The minimum atomic E-state index is -4.92. The molecule has 0 bridgehead atoms. The minimum absolute atomic E-state index is 0.105. The Morgan fingerprint density at radius 2 is 0.682 bits per heavy atom. The maximum Gasteiger partial charge on any atom is 0.471 e. The highest BCUT2D eigenvalue weighted by Crippen LogP contribution is 2.24. The molecule has 3 fully saturated rings. The van der Waals surface area contributed by atoms with Gasteiger partial charge in [-0.05, 0) is 13.8 Å². The molecule has 3 aliphatic heterocycles. The van der Waals surface area contributed by atoms with E-state index in [1.54, 1.807) is 23.6 Å². The summed E-state index contributed by atoms with van der Waals surface area (Å²) in [5, 5.41) is 0. The first-order valence-electron chi connectivity index (χ1n) is 13.9. The number of aryl methyl sites for hydroxylation is 2. The average Bonchev–Trinajstić information content (AvgIpc) is 2.99. The molecule has 0 atom stereocenters. The van der Waals surface area contributed by atoms with Crippen molar-refractivity contribution in [3.05, 3.63) is 11.6 Å². The van der Waals surface area contributed by atoms with Crippen LogP contribution in [0.2, 0.25) is 0 Å². The third kappa shape index (κ3) is 6.93. The van der Waals surface area contributed by atoms with Crippen LogP contribution < -0.4 is 19.6 Å². The third-order valence-electron chi connectivity index (χ3n) is 7.48. The zero-order chi connectivity index (χ0) is 31.8. The maximum atomic E-state index is 12.8. The van der Waals surface area contributed by atoms with Gasteiger partial charge in [0.2, 0.25) is 23.8 Å². The Bertz CT molecular complexity index is 1260. The average molecular weight is 633 g/mol. The normalized spacial score (nSPS) is 18.6. The number of nitrogens with zero attached hydrogens (tertiary/aromatic N) is 12. The molecule has 0 spiro atoms. The first-order chi connectivity index (χ1) is 20.7. The number of halogens is 6. The van der Waals surface area contributed by atoms with Gasteiger partial charge in [0.05, 0.1) is 0 Å². The molecule has 20 heteroatoms. The van der Waals surface area contributed by atoms with Crippen LogP contribution in [0.5, 0.6) is 0 Å². The van der Waals surface area contributed by atoms with Crippen molar-refractivity contribution in [2.24, 2.45) is 0 Å². The molecule has 5 heterocycles. The van der Waals surface area contributed by atoms with Crippen molar-refractivity contribution in [3.63, 3.8) is 0 Å². The van der Waals surface area contributed by atoms with Crippen molar-refractivity contribution in [2.75, 3.05) is 98.1 Å². The van der Waals surface area contributed by atoms with Crippen molar-refractivity contribution >= 4 is 35.6 Å². The minimum Gasteiger partial charge on any atom is -0.337 e. The van der Waals surface area contributed by atoms with Crippen LogP contribution in [0.25, 0.3) is 0 Å². The molecule has 2 aromatic heterocycles. The molecule has 5 rings (SSSR count). The SMILES string of the molecule is Cc1nc(N2CCN(C(=O)C(F)(F)F)CC2)nc(N2CCN(c3nc(C)nc(N4CCN(C(=O)C(F)(F)F)CC4)n3)CC2)n1. The fourth-order valence-electron chi connectivity index (χ4n) is 5.16. The van der Waals surface area contributed by atoms with Gasteiger partial charge in [0.25, 0.3) is 0 Å². The molecule has 14 nitrogen and oxygen atoms in total. The molecule has 44 heavy (non-hydrogen) atoms. The smallest absolute Gasteiger partial charge is 0.337 e. The van der Waals surface area contributed by atoms with Crippen molar-refractivity contribution in [1.82, 2.24) is 39.7 Å². The number of carbonyl (C=O) groups is 2. The summed E-state index contributed by atoms with van der Waals surface area (Å²) in [5.41, 5.74) is 0. The van der Waals surface area contributed by atoms with Crippen LogP contribution >= 0.6 is 0 Å². The van der Waals surface area contributed by atoms with E-state index in [0.717, 1.165) is 9.80 Å². The molecule has 3 aliphatic rings. The Morgan fingerprint density at radius 1 is 0.455 bits per heavy atom. The van der Waals surface area contributed by atoms with E-state index in [1.807, 2.05) is 9.80 Å². The number of hydrogen-bond acceptors (Lipinski definition) is 12. The zero-order valence-electron chi connectivity index (χ0n) is 23.9. The number of hydrogen-bond donors (Lipinski definition) is 0. The van der Waals surface area contributed by atoms with E-state index in [4.69, 9.17) is 0 Å². The van der Waals surface area contributed by atoms with Crippen LogP contribution in [-0.2, 0) is 9.59 Å². The summed E-state index contributed by atoms with van der Waals surface area (Å²) in [6.45, 7) is 5.54. The van der Waals surface area contributed by atoms with Crippen LogP contribution in [0, 0.1) is 13.8 Å². The van der Waals surface area contributed by atoms with Crippen molar-refractivity contribution in [2.45, 2.75) is 26.2 Å². The van der Waals surface area contributed by atoms with Crippen LogP contribution in [0.4, 0.5) is 50.1 Å². The largest absolute Gasteiger partial charge is 0.471 e. The molecule has 2 amide bonds. The van der Waals surface area contributed by atoms with Gasteiger partial charge in [-0.2, -0.15) is 56.2 Å². The molecule has 0 N–H and O–H groups in total. The Labute approximate surface area is 247 Å². The van der Waals surface area contributed by atoms with E-state index in [0.29, 0.717) is 61.6 Å². The molecule has 0 unspecified atom stereocenters. The second-order valence-corrected chi connectivity index (χ2v) is 10.5. The number of anilines is 4. The van der Waals surface area contributed by atoms with E-state index >= 15 is 0 Å². The molecule has 240 valence electrons. The standard InChI is InChI=1S/C24H30F6N12O2/c1-15-31-19(39-7-3-37(4-8-39)17(43)23(25,26)27)35-21(33-15)41-11-13-42(14-12-41)22-34-16(2)32-20(36-22)40-9-5-38(6-10-40)18(44)24(28,29)30/h3-14H2,1-2H3. The second-order valence-electron chi connectivity index (χ2n) is 10.5. The zero-order valence-corrected chi connectivity index (χ0v) is 23.9. The number of aromatic nitrogens is 6. The number of alkyl halides is 6. The van der Waals surface area contributed by atoms with Crippen molar-refractivity contribution < 1.29 is 35.9 Å². The van der Waals surface area contributed by atoms with Gasteiger partial charge in [-0.25, -0.2) is 0 Å². The van der Waals surface area contributed by atoms with Gasteiger partial charge >= 0.3 is 24.2 Å². The quantitative estimate of drug-likeness (QED) is 0.433. The van der Waals surface area contributed by atoms with Crippen LogP contribution in [-0.4, -0.2) is 142 Å². The maximum absolute atomic E-state index is 12.8. The molecular formula is C24H30F6N12O2. The van der Waals surface area contributed by atoms with E-state index in [-0.39, 0.29) is 52.4 Å². The Hall–Kier alpha value is -4.26. The predicted octanol–water partition coefficient (Wildman–Crippen LogP) is 0.422. The van der Waals surface area contributed by atoms with Crippen molar-refractivity contribution in [3.8, 4) is 0 Å². The summed E-state index contributed by atoms with van der Waals surface area (Å²) in [6.07, 6.45) is -9.83. The number of rotatable bonds is 4. The molecular weight excluding hydrogens is 602 g/mol. The molecule has 2 aromatic rings. The highest BCUT2D eigenvalue weighted by molar-refractivity contribution is 5.82. The van der Waals surface area contributed by atoms with Gasteiger partial charge in [-0.15, -0.1) is 0 Å². The Morgan fingerprint density at radius 3 is 0.909 bits per heavy atom. The lowest BCUT2D eigenvalue weighted by atomic mass is 10.3. The topological polar surface area (TPSA) is 131 Å². The van der Waals surface area contributed by atoms with Gasteiger partial charge in [-0.1, -0.05) is 0 Å². The van der Waals surface area contributed by atoms with Crippen LogP contribution in [0.1, 0.15) is 11.6 Å². The van der Waals surface area contributed by atoms with Crippen molar-refractivity contribution in [1.29, 1.82) is 0 Å². The monoisotopic (exact) mass is 632 g/mol. The lowest BCUT2D eigenvalue weighted by Gasteiger charge is -2.37. The van der Waals surface area contributed by atoms with Gasteiger partial charge in [0.15, 0.2) is 0 Å². The predicted molar refractivity (Wildman–Crippen MR) is 143 cm³/mol. The van der Waals surface area contributed by atoms with E-state index < -0.39 is 24.2 Å². The highest BCUT2D eigenvalue weighted by atomic mass is 19.4. The molecule has 3 saturated heterocycles. The summed E-state index contributed by atoms with van der Waals surface area (Å²) in [4.78, 5) is 58.7. The first-order valence-corrected chi connectivity index (χ1v) is 13.9. The fourth-order valence-corrected chi connectivity index (χ4v) is 5.16. The molecule has 0 saturated carbocycles. The fraction of sp³-hybridized carbons (Fsp3) is 0.667. The summed E-state index contributed by atoms with van der Waals surface area (Å²) in [6, 6.07) is 0. The lowest BCUT2D eigenvalue weighted by molar-refractivity contribution is -0.185. The van der Waals surface area contributed by atoms with Gasteiger partial charge in [0, 0.05) is 78.5 Å². The number of amides is 2. The molecule has 0 aliphatic carbocycles. The van der Waals surface area contributed by atoms with Crippen LogP contribution in [0.15, 0.2) is 0 Å². The van der Waals surface area contributed by atoms with Gasteiger partial charge in [0.1, 0.15) is 11.6 Å². The summed E-state index contributed by atoms with van der Waals surface area (Å²) in [5.74, 6) is -1.36. The highest BCUT2D eigenvalue weighted by Gasteiger charge is 2.44. The van der Waals surface area contributed by atoms with Crippen LogP contribution in [0.3, 0.4) is 0 Å². The van der Waals surface area contributed by atoms with Gasteiger partial charge < -0.3 is 29.4 Å².